The van der Waals surface area contributed by atoms with Crippen LogP contribution in [0.15, 0.2) is 53.9 Å². The molecule has 31 heavy (non-hydrogen) atoms. The number of hydrogen-bond acceptors (Lipinski definition) is 6. The SMILES string of the molecule is CC(=O)N1CC(N)=Cc2c1cccc2[N+](=O)[O-].CC(=O)N1CC(N)=Cc2ccccc21. The fourth-order valence-electron chi connectivity index (χ4n) is 3.51. The molecule has 9 heteroatoms. The topological polar surface area (TPSA) is 136 Å². The minimum absolute atomic E-state index is 0.0218. The number of amides is 2. The molecule has 0 spiro atoms. The summed E-state index contributed by atoms with van der Waals surface area (Å²) in [6.45, 7) is 3.71. The Morgan fingerprint density at radius 1 is 0.871 bits per heavy atom. The number of carbonyl (C=O) groups is 2. The van der Waals surface area contributed by atoms with Crippen LogP contribution in [0.5, 0.6) is 0 Å². The maximum atomic E-state index is 11.5. The van der Waals surface area contributed by atoms with Crippen LogP contribution in [-0.4, -0.2) is 29.8 Å². The van der Waals surface area contributed by atoms with Gasteiger partial charge >= 0.3 is 0 Å². The average molecular weight is 421 g/mol. The van der Waals surface area contributed by atoms with Crippen LogP contribution in [0.1, 0.15) is 25.0 Å². The fraction of sp³-hybridized carbons (Fsp3) is 0.182. The molecule has 0 atom stereocenters. The number of nitrogens with zero attached hydrogens (tertiary/aromatic N) is 3. The van der Waals surface area contributed by atoms with Crippen LogP contribution in [0.2, 0.25) is 0 Å². The average Bonchev–Trinajstić information content (AvgIpc) is 2.72. The first-order chi connectivity index (χ1) is 14.7. The highest BCUT2D eigenvalue weighted by atomic mass is 16.6. The van der Waals surface area contributed by atoms with Crippen LogP contribution in [-0.2, 0) is 9.59 Å². The lowest BCUT2D eigenvalue weighted by molar-refractivity contribution is -0.385. The minimum atomic E-state index is -0.480. The van der Waals surface area contributed by atoms with E-state index in [4.69, 9.17) is 11.5 Å². The molecule has 4 N–H and O–H groups in total. The van der Waals surface area contributed by atoms with Crippen LogP contribution in [0.25, 0.3) is 12.2 Å². The van der Waals surface area contributed by atoms with Crippen molar-refractivity contribution < 1.29 is 14.5 Å². The zero-order valence-electron chi connectivity index (χ0n) is 17.2. The molecule has 2 aromatic rings. The molecule has 0 unspecified atom stereocenters. The van der Waals surface area contributed by atoms with Gasteiger partial charge in [-0.1, -0.05) is 24.3 Å². The third-order valence-electron chi connectivity index (χ3n) is 4.89. The van der Waals surface area contributed by atoms with Crippen molar-refractivity contribution in [3.63, 3.8) is 0 Å². The first-order valence-corrected chi connectivity index (χ1v) is 9.53. The Balaban J connectivity index is 0.000000179. The molecule has 2 aliphatic heterocycles. The van der Waals surface area contributed by atoms with Gasteiger partial charge in [0.2, 0.25) is 11.8 Å². The van der Waals surface area contributed by atoms with E-state index >= 15 is 0 Å². The van der Waals surface area contributed by atoms with Gasteiger partial charge < -0.3 is 21.3 Å². The predicted octanol–water partition coefficient (Wildman–Crippen LogP) is 2.61. The van der Waals surface area contributed by atoms with Gasteiger partial charge in [-0.15, -0.1) is 0 Å². The smallest absolute Gasteiger partial charge is 0.278 e. The lowest BCUT2D eigenvalue weighted by Gasteiger charge is -2.27. The highest BCUT2D eigenvalue weighted by molar-refractivity contribution is 5.97. The van der Waals surface area contributed by atoms with E-state index in [9.17, 15) is 19.7 Å². The van der Waals surface area contributed by atoms with E-state index in [1.807, 2.05) is 30.3 Å². The molecule has 9 nitrogen and oxygen atoms in total. The Hall–Kier alpha value is -4.14. The number of hydrogen-bond donors (Lipinski definition) is 2. The maximum absolute atomic E-state index is 11.5. The maximum Gasteiger partial charge on any atom is 0.278 e. The van der Waals surface area contributed by atoms with Gasteiger partial charge in [0, 0.05) is 36.9 Å². The quantitative estimate of drug-likeness (QED) is 0.537. The molecule has 2 aliphatic rings. The van der Waals surface area contributed by atoms with Crippen molar-refractivity contribution in [2.75, 3.05) is 22.9 Å². The zero-order chi connectivity index (χ0) is 22.7. The predicted molar refractivity (Wildman–Crippen MR) is 120 cm³/mol. The van der Waals surface area contributed by atoms with Gasteiger partial charge in [-0.05, 0) is 24.3 Å². The molecule has 2 heterocycles. The summed E-state index contributed by atoms with van der Waals surface area (Å²) in [6.07, 6.45) is 3.46. The second kappa shape index (κ2) is 8.70. The second-order valence-corrected chi connectivity index (χ2v) is 7.17. The van der Waals surface area contributed by atoms with Crippen molar-refractivity contribution in [1.29, 1.82) is 0 Å². The number of carbonyl (C=O) groups excluding carboxylic acids is 2. The molecular formula is C22H23N5O4. The van der Waals surface area contributed by atoms with Gasteiger partial charge in [0.1, 0.15) is 0 Å². The summed E-state index contributed by atoms with van der Waals surface area (Å²) in [7, 11) is 0. The van der Waals surface area contributed by atoms with Gasteiger partial charge in [-0.3, -0.25) is 19.7 Å². The Morgan fingerprint density at radius 2 is 1.42 bits per heavy atom. The molecule has 0 aliphatic carbocycles. The highest BCUT2D eigenvalue weighted by Gasteiger charge is 2.25. The number of nitro benzene ring substituents is 1. The van der Waals surface area contributed by atoms with Crippen molar-refractivity contribution in [3.05, 3.63) is 75.1 Å². The molecule has 160 valence electrons. The summed E-state index contributed by atoms with van der Waals surface area (Å²) < 4.78 is 0. The summed E-state index contributed by atoms with van der Waals surface area (Å²) in [6, 6.07) is 12.4. The lowest BCUT2D eigenvalue weighted by atomic mass is 10.0. The van der Waals surface area contributed by atoms with Crippen LogP contribution < -0.4 is 21.3 Å². The summed E-state index contributed by atoms with van der Waals surface area (Å²) in [4.78, 5) is 36.3. The Labute approximate surface area is 179 Å². The summed E-state index contributed by atoms with van der Waals surface area (Å²) in [5, 5.41) is 10.9. The molecule has 2 aromatic carbocycles. The Bertz CT molecular complexity index is 1120. The number of fused-ring (bicyclic) bond motifs is 2. The van der Waals surface area contributed by atoms with E-state index in [1.54, 1.807) is 30.0 Å². The molecule has 0 saturated heterocycles. The normalized spacial score (nSPS) is 14.3. The summed E-state index contributed by atoms with van der Waals surface area (Å²) in [5.41, 5.74) is 15.4. The molecule has 2 amide bonds. The van der Waals surface area contributed by atoms with Gasteiger partial charge in [0.25, 0.3) is 5.69 Å². The molecule has 0 radical (unpaired) electrons. The van der Waals surface area contributed by atoms with Crippen molar-refractivity contribution >= 4 is 41.0 Å². The first-order valence-electron chi connectivity index (χ1n) is 9.53. The molecular weight excluding hydrogens is 398 g/mol. The second-order valence-electron chi connectivity index (χ2n) is 7.17. The van der Waals surface area contributed by atoms with E-state index in [-0.39, 0.29) is 24.0 Å². The van der Waals surface area contributed by atoms with Crippen molar-refractivity contribution in [3.8, 4) is 0 Å². The van der Waals surface area contributed by atoms with E-state index in [0.717, 1.165) is 16.9 Å². The monoisotopic (exact) mass is 421 g/mol. The van der Waals surface area contributed by atoms with Crippen molar-refractivity contribution in [1.82, 2.24) is 0 Å². The first kappa shape index (κ1) is 21.6. The number of anilines is 2. The third kappa shape index (κ3) is 4.55. The van der Waals surface area contributed by atoms with Gasteiger partial charge in [0.15, 0.2) is 0 Å². The van der Waals surface area contributed by atoms with E-state index in [0.29, 0.717) is 23.5 Å². The molecule has 0 bridgehead atoms. The van der Waals surface area contributed by atoms with Crippen LogP contribution in [0, 0.1) is 10.1 Å². The third-order valence-corrected chi connectivity index (χ3v) is 4.89. The van der Waals surface area contributed by atoms with Gasteiger partial charge in [0.05, 0.1) is 35.0 Å². The molecule has 4 rings (SSSR count). The van der Waals surface area contributed by atoms with Crippen molar-refractivity contribution in [2.45, 2.75) is 13.8 Å². The van der Waals surface area contributed by atoms with E-state index < -0.39 is 4.92 Å². The van der Waals surface area contributed by atoms with Crippen LogP contribution in [0.4, 0.5) is 17.1 Å². The number of nitro groups is 1. The van der Waals surface area contributed by atoms with Crippen LogP contribution in [0.3, 0.4) is 0 Å². The standard InChI is InChI=1S/C11H11N3O3.C11H12N2O/c1-7(15)13-6-8(12)5-9-10(13)3-2-4-11(9)14(16)17;1-8(14)13-7-10(12)6-9-4-2-3-5-11(9)13/h2-5H,6,12H2,1H3;2-6H,7,12H2,1H3. The van der Waals surface area contributed by atoms with E-state index in [2.05, 4.69) is 0 Å². The lowest BCUT2D eigenvalue weighted by Crippen LogP contribution is -2.35. The number of para-hydroxylation sites is 1. The fourth-order valence-corrected chi connectivity index (χ4v) is 3.51. The number of rotatable bonds is 1. The summed E-state index contributed by atoms with van der Waals surface area (Å²) in [5.74, 6) is -0.170. The molecule has 0 saturated carbocycles. The van der Waals surface area contributed by atoms with Gasteiger partial charge in [-0.2, -0.15) is 0 Å². The molecule has 0 aromatic heterocycles. The Morgan fingerprint density at radius 3 is 2.03 bits per heavy atom. The minimum Gasteiger partial charge on any atom is -0.401 e. The Kier molecular flexibility index (Phi) is 6.05. The van der Waals surface area contributed by atoms with Crippen molar-refractivity contribution in [2.24, 2.45) is 11.5 Å². The summed E-state index contributed by atoms with van der Waals surface area (Å²) >= 11 is 0. The zero-order valence-corrected chi connectivity index (χ0v) is 17.2. The highest BCUT2D eigenvalue weighted by Crippen LogP contribution is 2.34. The number of benzene rings is 2. The van der Waals surface area contributed by atoms with Crippen LogP contribution >= 0.6 is 0 Å². The number of nitrogens with two attached hydrogens (primary N) is 2. The molecule has 0 fully saturated rings. The van der Waals surface area contributed by atoms with E-state index in [1.165, 1.54) is 17.9 Å². The largest absolute Gasteiger partial charge is 0.401 e. The van der Waals surface area contributed by atoms with Gasteiger partial charge in [-0.25, -0.2) is 0 Å².